The Morgan fingerprint density at radius 1 is 1.22 bits per heavy atom. The van der Waals surface area contributed by atoms with Crippen molar-refractivity contribution >= 4 is 27.3 Å². The lowest BCUT2D eigenvalue weighted by Crippen LogP contribution is -2.29. The molecule has 0 aromatic heterocycles. The summed E-state index contributed by atoms with van der Waals surface area (Å²) >= 11 is 3.54. The van der Waals surface area contributed by atoms with Crippen molar-refractivity contribution in [2.75, 3.05) is 5.32 Å². The second-order valence-corrected chi connectivity index (χ2v) is 6.97. The van der Waals surface area contributed by atoms with Crippen LogP contribution in [0.2, 0.25) is 0 Å². The Hall–Kier alpha value is -2.14. The van der Waals surface area contributed by atoms with Gasteiger partial charge in [0.15, 0.2) is 0 Å². The number of nitro benzene ring substituents is 1. The molecule has 0 unspecified atom stereocenters. The summed E-state index contributed by atoms with van der Waals surface area (Å²) in [7, 11) is 0. The molecule has 1 aliphatic heterocycles. The smallest absolute Gasteiger partial charge is 0.269 e. The van der Waals surface area contributed by atoms with E-state index in [9.17, 15) is 10.1 Å². The van der Waals surface area contributed by atoms with Gasteiger partial charge >= 0.3 is 0 Å². The summed E-state index contributed by atoms with van der Waals surface area (Å²) in [6.45, 7) is 0. The maximum absolute atomic E-state index is 11.1. The van der Waals surface area contributed by atoms with Gasteiger partial charge in [0.05, 0.1) is 11.0 Å². The topological polar surface area (TPSA) is 55.2 Å². The predicted octanol–water partition coefficient (Wildman–Crippen LogP) is 5.18. The molecule has 3 atom stereocenters. The third-order valence-corrected chi connectivity index (χ3v) is 5.26. The Bertz CT molecular complexity index is 818. The molecular formula is C18H15BrN2O2. The predicted molar refractivity (Wildman–Crippen MR) is 93.6 cm³/mol. The van der Waals surface area contributed by atoms with Crippen LogP contribution < -0.4 is 5.32 Å². The van der Waals surface area contributed by atoms with Gasteiger partial charge in [0.2, 0.25) is 0 Å². The number of anilines is 1. The van der Waals surface area contributed by atoms with Crippen molar-refractivity contribution in [1.29, 1.82) is 0 Å². The number of hydrogen-bond acceptors (Lipinski definition) is 3. The SMILES string of the molecule is O=[N+]([O-])c1ccc2c(c1)[C@H]1C=CC[C@@H]1[C@H](c1cccc(Br)c1)N2. The quantitative estimate of drug-likeness (QED) is 0.449. The van der Waals surface area contributed by atoms with Crippen LogP contribution in [0.4, 0.5) is 11.4 Å². The highest BCUT2D eigenvalue weighted by Gasteiger charge is 2.38. The Morgan fingerprint density at radius 3 is 2.87 bits per heavy atom. The van der Waals surface area contributed by atoms with E-state index in [1.165, 1.54) is 5.56 Å². The number of nitro groups is 1. The Kier molecular flexibility index (Phi) is 3.45. The van der Waals surface area contributed by atoms with Crippen LogP contribution in [0, 0.1) is 16.0 Å². The molecule has 0 bridgehead atoms. The van der Waals surface area contributed by atoms with E-state index < -0.39 is 0 Å². The van der Waals surface area contributed by atoms with Crippen LogP contribution >= 0.6 is 15.9 Å². The van der Waals surface area contributed by atoms with Crippen molar-refractivity contribution in [2.45, 2.75) is 18.4 Å². The van der Waals surface area contributed by atoms with Gasteiger partial charge in [0, 0.05) is 28.2 Å². The molecular weight excluding hydrogens is 356 g/mol. The summed E-state index contributed by atoms with van der Waals surface area (Å²) in [6, 6.07) is 13.7. The number of non-ortho nitro benzene ring substituents is 1. The van der Waals surface area contributed by atoms with Crippen LogP contribution in [-0.4, -0.2) is 4.92 Å². The van der Waals surface area contributed by atoms with Gasteiger partial charge in [-0.3, -0.25) is 10.1 Å². The first-order chi connectivity index (χ1) is 11.1. The van der Waals surface area contributed by atoms with Gasteiger partial charge in [-0.15, -0.1) is 0 Å². The first kappa shape index (κ1) is 14.5. The Labute approximate surface area is 142 Å². The summed E-state index contributed by atoms with van der Waals surface area (Å²) in [5.74, 6) is 0.619. The monoisotopic (exact) mass is 370 g/mol. The number of nitrogens with zero attached hydrogens (tertiary/aromatic N) is 1. The van der Waals surface area contributed by atoms with Crippen LogP contribution in [0.3, 0.4) is 0 Å². The van der Waals surface area contributed by atoms with Crippen LogP contribution in [0.15, 0.2) is 59.1 Å². The van der Waals surface area contributed by atoms with E-state index in [1.807, 2.05) is 18.2 Å². The molecule has 1 N–H and O–H groups in total. The summed E-state index contributed by atoms with van der Waals surface area (Å²) in [6.07, 6.45) is 5.37. The zero-order valence-corrected chi connectivity index (χ0v) is 13.9. The lowest BCUT2D eigenvalue weighted by Gasteiger charge is -2.37. The Balaban J connectivity index is 1.79. The number of fused-ring (bicyclic) bond motifs is 3. The number of rotatable bonds is 2. The molecule has 0 saturated carbocycles. The molecule has 5 heteroatoms. The van der Waals surface area contributed by atoms with E-state index in [-0.39, 0.29) is 22.6 Å². The molecule has 0 spiro atoms. The molecule has 2 aromatic carbocycles. The van der Waals surface area contributed by atoms with Crippen molar-refractivity contribution in [1.82, 2.24) is 0 Å². The zero-order chi connectivity index (χ0) is 16.0. The third-order valence-electron chi connectivity index (χ3n) is 4.76. The van der Waals surface area contributed by atoms with Gasteiger partial charge < -0.3 is 5.32 Å². The minimum atomic E-state index is -0.325. The maximum Gasteiger partial charge on any atom is 0.269 e. The third kappa shape index (κ3) is 2.45. The summed E-state index contributed by atoms with van der Waals surface area (Å²) in [5.41, 5.74) is 3.42. The lowest BCUT2D eigenvalue weighted by molar-refractivity contribution is -0.384. The average Bonchev–Trinajstić information content (AvgIpc) is 3.03. The first-order valence-electron chi connectivity index (χ1n) is 7.60. The standard InChI is InChI=1S/C18H15BrN2O2/c19-12-4-1-3-11(9-12)18-15-6-2-5-14(15)16-10-13(21(22)23)7-8-17(16)20-18/h1-5,7-10,14-15,18,20H,6H2/t14-,15-,18-/m0/s1. The van der Waals surface area contributed by atoms with Gasteiger partial charge in [-0.05, 0) is 41.7 Å². The van der Waals surface area contributed by atoms with E-state index in [0.717, 1.165) is 22.1 Å². The second kappa shape index (κ2) is 5.49. The van der Waals surface area contributed by atoms with Gasteiger partial charge in [-0.1, -0.05) is 40.2 Å². The molecule has 116 valence electrons. The summed E-state index contributed by atoms with van der Waals surface area (Å²) in [5, 5.41) is 14.7. The maximum atomic E-state index is 11.1. The molecule has 4 nitrogen and oxygen atoms in total. The van der Waals surface area contributed by atoms with Crippen LogP contribution in [-0.2, 0) is 0 Å². The number of allylic oxidation sites excluding steroid dienone is 2. The second-order valence-electron chi connectivity index (χ2n) is 6.06. The number of nitrogens with one attached hydrogen (secondary N) is 1. The highest BCUT2D eigenvalue weighted by molar-refractivity contribution is 9.10. The molecule has 4 rings (SSSR count). The van der Waals surface area contributed by atoms with Crippen molar-refractivity contribution in [3.8, 4) is 0 Å². The molecule has 2 aliphatic rings. The molecule has 0 saturated heterocycles. The highest BCUT2D eigenvalue weighted by Crippen LogP contribution is 2.50. The average molecular weight is 371 g/mol. The normalized spacial score (nSPS) is 24.7. The van der Waals surface area contributed by atoms with Crippen LogP contribution in [0.5, 0.6) is 0 Å². The molecule has 1 heterocycles. The minimum absolute atomic E-state index is 0.158. The molecule has 0 fully saturated rings. The van der Waals surface area contributed by atoms with Gasteiger partial charge in [-0.2, -0.15) is 0 Å². The van der Waals surface area contributed by atoms with E-state index in [4.69, 9.17) is 0 Å². The number of halogens is 1. The molecule has 1 aliphatic carbocycles. The van der Waals surface area contributed by atoms with Gasteiger partial charge in [0.1, 0.15) is 0 Å². The molecule has 0 amide bonds. The van der Waals surface area contributed by atoms with E-state index in [0.29, 0.717) is 5.92 Å². The van der Waals surface area contributed by atoms with Crippen LogP contribution in [0.1, 0.15) is 29.5 Å². The van der Waals surface area contributed by atoms with E-state index in [2.05, 4.69) is 45.5 Å². The van der Waals surface area contributed by atoms with E-state index in [1.54, 1.807) is 12.1 Å². The summed E-state index contributed by atoms with van der Waals surface area (Å²) in [4.78, 5) is 10.7. The fraction of sp³-hybridized carbons (Fsp3) is 0.222. The van der Waals surface area contributed by atoms with Crippen molar-refractivity contribution < 1.29 is 4.92 Å². The fourth-order valence-electron chi connectivity index (χ4n) is 3.73. The van der Waals surface area contributed by atoms with Gasteiger partial charge in [0.25, 0.3) is 5.69 Å². The largest absolute Gasteiger partial charge is 0.378 e. The number of benzene rings is 2. The molecule has 23 heavy (non-hydrogen) atoms. The summed E-state index contributed by atoms with van der Waals surface area (Å²) < 4.78 is 1.06. The zero-order valence-electron chi connectivity index (χ0n) is 12.3. The van der Waals surface area contributed by atoms with Crippen molar-refractivity contribution in [3.05, 3.63) is 80.3 Å². The van der Waals surface area contributed by atoms with Crippen LogP contribution in [0.25, 0.3) is 0 Å². The minimum Gasteiger partial charge on any atom is -0.378 e. The lowest BCUT2D eigenvalue weighted by atomic mass is 9.77. The van der Waals surface area contributed by atoms with Crippen molar-refractivity contribution in [3.63, 3.8) is 0 Å². The molecule has 2 aromatic rings. The van der Waals surface area contributed by atoms with Gasteiger partial charge in [-0.25, -0.2) is 0 Å². The Morgan fingerprint density at radius 2 is 2.09 bits per heavy atom. The fourth-order valence-corrected chi connectivity index (χ4v) is 4.14. The molecule has 0 radical (unpaired) electrons. The highest BCUT2D eigenvalue weighted by atomic mass is 79.9. The van der Waals surface area contributed by atoms with E-state index >= 15 is 0 Å². The van der Waals surface area contributed by atoms with Crippen molar-refractivity contribution in [2.24, 2.45) is 5.92 Å². The first-order valence-corrected chi connectivity index (χ1v) is 8.40. The number of hydrogen-bond donors (Lipinski definition) is 1.